The van der Waals surface area contributed by atoms with Crippen LogP contribution in [0.2, 0.25) is 0 Å². The van der Waals surface area contributed by atoms with Crippen LogP contribution in [0.25, 0.3) is 0 Å². The van der Waals surface area contributed by atoms with E-state index in [2.05, 4.69) is 26.2 Å². The highest BCUT2D eigenvalue weighted by molar-refractivity contribution is 5.99. The van der Waals surface area contributed by atoms with Gasteiger partial charge in [-0.15, -0.1) is 5.10 Å². The van der Waals surface area contributed by atoms with Gasteiger partial charge in [-0.3, -0.25) is 9.59 Å². The van der Waals surface area contributed by atoms with E-state index >= 15 is 0 Å². The largest absolute Gasteiger partial charge is 0.487 e. The van der Waals surface area contributed by atoms with E-state index in [0.29, 0.717) is 24.5 Å². The third-order valence-corrected chi connectivity index (χ3v) is 5.86. The van der Waals surface area contributed by atoms with Crippen LogP contribution >= 0.6 is 0 Å². The van der Waals surface area contributed by atoms with Gasteiger partial charge in [-0.25, -0.2) is 9.48 Å². The van der Waals surface area contributed by atoms with Crippen molar-refractivity contribution in [3.05, 3.63) is 30.1 Å². The van der Waals surface area contributed by atoms with Crippen LogP contribution in [0.4, 0.5) is 10.5 Å². The van der Waals surface area contributed by atoms with Crippen LogP contribution < -0.4 is 15.4 Å². The standard InChI is InChI=1S/C23H34N8O5/c1-14(2)25-23(35)29(5)10-20-15(3)9-31(16(4)12-32)22(34)18-8-17(6-7-19(18)36-20)26-21(33)11-30-13-24-27-28-30/h6-8,13-16,20,32H,9-12H2,1-5H3,(H,25,35)(H,26,33)/t15-,16-,20-/m0/s1. The Bertz CT molecular complexity index is 1060. The first-order chi connectivity index (χ1) is 17.1. The summed E-state index contributed by atoms with van der Waals surface area (Å²) in [4.78, 5) is 41.5. The topological polar surface area (TPSA) is 155 Å². The van der Waals surface area contributed by atoms with Gasteiger partial charge >= 0.3 is 6.03 Å². The molecule has 0 radical (unpaired) electrons. The molecule has 0 saturated carbocycles. The summed E-state index contributed by atoms with van der Waals surface area (Å²) in [6.07, 6.45) is 0.902. The number of aliphatic hydroxyl groups excluding tert-OH is 1. The Balaban J connectivity index is 1.87. The zero-order valence-electron chi connectivity index (χ0n) is 21.2. The third-order valence-electron chi connectivity index (χ3n) is 5.86. The molecule has 0 unspecified atom stereocenters. The van der Waals surface area contributed by atoms with Crippen LogP contribution in [0.15, 0.2) is 24.5 Å². The highest BCUT2D eigenvalue weighted by atomic mass is 16.5. The number of urea groups is 1. The lowest BCUT2D eigenvalue weighted by atomic mass is 9.99. The number of anilines is 1. The van der Waals surface area contributed by atoms with Crippen molar-refractivity contribution in [3.63, 3.8) is 0 Å². The number of nitrogens with one attached hydrogen (secondary N) is 2. The lowest BCUT2D eigenvalue weighted by Gasteiger charge is -2.38. The minimum atomic E-state index is -0.438. The Labute approximate surface area is 209 Å². The van der Waals surface area contributed by atoms with Crippen LogP contribution in [0.5, 0.6) is 5.75 Å². The average molecular weight is 503 g/mol. The summed E-state index contributed by atoms with van der Waals surface area (Å²) in [6, 6.07) is 4.15. The van der Waals surface area contributed by atoms with Gasteiger partial charge in [0, 0.05) is 31.2 Å². The van der Waals surface area contributed by atoms with Crippen molar-refractivity contribution < 1.29 is 24.2 Å². The Morgan fingerprint density at radius 1 is 1.31 bits per heavy atom. The molecule has 3 atom stereocenters. The molecule has 1 aliphatic rings. The Hall–Kier alpha value is -3.74. The number of fused-ring (bicyclic) bond motifs is 1. The second-order valence-electron chi connectivity index (χ2n) is 9.37. The summed E-state index contributed by atoms with van der Waals surface area (Å²) in [5.41, 5.74) is 0.653. The molecule has 2 aromatic rings. The highest BCUT2D eigenvalue weighted by Gasteiger charge is 2.34. The SMILES string of the molecule is CC(C)NC(=O)N(C)C[C@@H]1Oc2ccc(NC(=O)Cn3cnnn3)cc2C(=O)N([C@@H](C)CO)C[C@@H]1C. The molecule has 13 heteroatoms. The number of likely N-dealkylation sites (N-methyl/N-ethyl adjacent to an activating group) is 1. The number of carbonyl (C=O) groups excluding carboxylic acids is 3. The fourth-order valence-corrected chi connectivity index (χ4v) is 3.83. The summed E-state index contributed by atoms with van der Waals surface area (Å²) >= 11 is 0. The van der Waals surface area contributed by atoms with Gasteiger partial charge in [-0.1, -0.05) is 6.92 Å². The maximum absolute atomic E-state index is 13.5. The number of benzene rings is 1. The molecule has 0 saturated heterocycles. The molecule has 0 spiro atoms. The van der Waals surface area contributed by atoms with Gasteiger partial charge in [0.15, 0.2) is 0 Å². The van der Waals surface area contributed by atoms with Crippen molar-refractivity contribution >= 4 is 23.5 Å². The first kappa shape index (κ1) is 26.9. The van der Waals surface area contributed by atoms with E-state index in [9.17, 15) is 19.5 Å². The monoisotopic (exact) mass is 502 g/mol. The number of amides is 4. The van der Waals surface area contributed by atoms with Crippen molar-refractivity contribution in [1.82, 2.24) is 35.3 Å². The Kier molecular flexibility index (Phi) is 8.80. The minimum Gasteiger partial charge on any atom is -0.487 e. The summed E-state index contributed by atoms with van der Waals surface area (Å²) in [5.74, 6) is -0.491. The lowest BCUT2D eigenvalue weighted by molar-refractivity contribution is -0.116. The molecular weight excluding hydrogens is 468 g/mol. The van der Waals surface area contributed by atoms with Gasteiger partial charge in [0.05, 0.1) is 24.8 Å². The molecule has 4 amide bonds. The molecule has 1 aromatic heterocycles. The number of hydrogen-bond donors (Lipinski definition) is 3. The molecular formula is C23H34N8O5. The molecule has 0 aliphatic carbocycles. The van der Waals surface area contributed by atoms with Crippen molar-refractivity contribution in [3.8, 4) is 5.75 Å². The van der Waals surface area contributed by atoms with Crippen LogP contribution in [0.3, 0.4) is 0 Å². The zero-order chi connectivity index (χ0) is 26.4. The minimum absolute atomic E-state index is 0.00989. The Morgan fingerprint density at radius 3 is 2.69 bits per heavy atom. The van der Waals surface area contributed by atoms with Gasteiger partial charge in [-0.2, -0.15) is 0 Å². The first-order valence-corrected chi connectivity index (χ1v) is 11.8. The van der Waals surface area contributed by atoms with E-state index in [1.165, 1.54) is 11.0 Å². The number of carbonyl (C=O) groups is 3. The second kappa shape index (κ2) is 11.8. The van der Waals surface area contributed by atoms with Crippen LogP contribution in [-0.4, -0.2) is 97.9 Å². The number of hydrogen-bond acceptors (Lipinski definition) is 8. The number of nitrogens with zero attached hydrogens (tertiary/aromatic N) is 6. The summed E-state index contributed by atoms with van der Waals surface area (Å²) < 4.78 is 7.55. The van der Waals surface area contributed by atoms with Gasteiger partial charge in [0.1, 0.15) is 24.7 Å². The number of tetrazole rings is 1. The van der Waals surface area contributed by atoms with E-state index in [1.807, 2.05) is 20.8 Å². The van der Waals surface area contributed by atoms with Crippen molar-refractivity contribution in [2.75, 3.05) is 32.1 Å². The predicted octanol–water partition coefficient (Wildman–Crippen LogP) is 0.582. The number of ether oxygens (including phenoxy) is 1. The summed E-state index contributed by atoms with van der Waals surface area (Å²) in [6.45, 7) is 7.79. The molecule has 2 heterocycles. The molecule has 0 bridgehead atoms. The Morgan fingerprint density at radius 2 is 2.06 bits per heavy atom. The van der Waals surface area contributed by atoms with E-state index in [4.69, 9.17) is 4.74 Å². The summed E-state index contributed by atoms with van der Waals surface area (Å²) in [5, 5.41) is 26.1. The van der Waals surface area contributed by atoms with E-state index in [1.54, 1.807) is 42.0 Å². The highest BCUT2D eigenvalue weighted by Crippen LogP contribution is 2.30. The molecule has 0 fully saturated rings. The van der Waals surface area contributed by atoms with Crippen molar-refractivity contribution in [2.24, 2.45) is 5.92 Å². The van der Waals surface area contributed by atoms with Crippen LogP contribution in [0, 0.1) is 5.92 Å². The average Bonchev–Trinajstić information content (AvgIpc) is 3.33. The normalized spacial score (nSPS) is 18.5. The predicted molar refractivity (Wildman–Crippen MR) is 130 cm³/mol. The van der Waals surface area contributed by atoms with Gasteiger partial charge in [-0.05, 0) is 49.4 Å². The molecule has 13 nitrogen and oxygen atoms in total. The number of aliphatic hydroxyl groups is 1. The maximum Gasteiger partial charge on any atom is 0.317 e. The molecule has 3 rings (SSSR count). The molecule has 36 heavy (non-hydrogen) atoms. The van der Waals surface area contributed by atoms with Crippen molar-refractivity contribution in [1.29, 1.82) is 0 Å². The zero-order valence-corrected chi connectivity index (χ0v) is 21.2. The lowest BCUT2D eigenvalue weighted by Crippen LogP contribution is -2.51. The first-order valence-electron chi connectivity index (χ1n) is 11.8. The quantitative estimate of drug-likeness (QED) is 0.474. The second-order valence-corrected chi connectivity index (χ2v) is 9.37. The van der Waals surface area contributed by atoms with Gasteiger partial charge in [0.2, 0.25) is 5.91 Å². The smallest absolute Gasteiger partial charge is 0.317 e. The van der Waals surface area contributed by atoms with Crippen LogP contribution in [-0.2, 0) is 11.3 Å². The van der Waals surface area contributed by atoms with E-state index in [0.717, 1.165) is 0 Å². The number of rotatable bonds is 8. The molecule has 196 valence electrons. The molecule has 1 aromatic carbocycles. The maximum atomic E-state index is 13.5. The van der Waals surface area contributed by atoms with Crippen molar-refractivity contribution in [2.45, 2.75) is 52.4 Å². The number of aromatic nitrogens is 4. The summed E-state index contributed by atoms with van der Waals surface area (Å²) in [7, 11) is 1.69. The van der Waals surface area contributed by atoms with Gasteiger partial charge in [0.25, 0.3) is 5.91 Å². The molecule has 3 N–H and O–H groups in total. The van der Waals surface area contributed by atoms with E-state index in [-0.39, 0.29) is 48.5 Å². The third kappa shape index (κ3) is 6.68. The fraction of sp³-hybridized carbons (Fsp3) is 0.565. The van der Waals surface area contributed by atoms with Crippen LogP contribution in [0.1, 0.15) is 38.1 Å². The molecule has 1 aliphatic heterocycles. The fourth-order valence-electron chi connectivity index (χ4n) is 3.83. The van der Waals surface area contributed by atoms with Gasteiger partial charge < -0.3 is 30.3 Å². The van der Waals surface area contributed by atoms with E-state index < -0.39 is 12.1 Å².